The Morgan fingerprint density at radius 3 is 3.19 bits per heavy atom. The molecule has 1 atom stereocenters. The molecule has 2 aromatic rings. The second kappa shape index (κ2) is 9.25. The van der Waals surface area contributed by atoms with Crippen LogP contribution in [0.15, 0.2) is 23.4 Å². The summed E-state index contributed by atoms with van der Waals surface area (Å²) in [7, 11) is 0. The molecule has 1 aliphatic heterocycles. The second-order valence-electron chi connectivity index (χ2n) is 5.99. The first-order valence-electron chi connectivity index (χ1n) is 8.41. The molecule has 0 saturated carbocycles. The maximum atomic E-state index is 11.9. The zero-order chi connectivity index (χ0) is 18.4. The number of H-pyrrole nitrogens is 1. The van der Waals surface area contributed by atoms with Gasteiger partial charge in [0, 0.05) is 18.2 Å². The molecular weight excluding hydrogens is 376 g/mol. The molecule has 0 radical (unpaired) electrons. The number of aromatic nitrogens is 3. The van der Waals surface area contributed by atoms with Crippen LogP contribution in [0.4, 0.5) is 0 Å². The third-order valence-electron chi connectivity index (χ3n) is 3.90. The summed E-state index contributed by atoms with van der Waals surface area (Å²) in [6.07, 6.45) is 2.21. The van der Waals surface area contributed by atoms with Gasteiger partial charge in [-0.15, -0.1) is 5.10 Å². The molecule has 7 nitrogen and oxygen atoms in total. The van der Waals surface area contributed by atoms with Crippen LogP contribution in [0.5, 0.6) is 5.75 Å². The summed E-state index contributed by atoms with van der Waals surface area (Å²) >= 11 is 7.27. The molecule has 0 unspecified atom stereocenters. The van der Waals surface area contributed by atoms with Crippen LogP contribution in [0, 0.1) is 6.92 Å². The summed E-state index contributed by atoms with van der Waals surface area (Å²) in [4.78, 5) is 16.2. The average molecular weight is 397 g/mol. The van der Waals surface area contributed by atoms with Crippen LogP contribution in [-0.2, 0) is 16.1 Å². The minimum Gasteiger partial charge on any atom is -0.486 e. The van der Waals surface area contributed by atoms with Gasteiger partial charge in [-0.25, -0.2) is 4.98 Å². The van der Waals surface area contributed by atoms with Crippen LogP contribution in [-0.4, -0.2) is 46.1 Å². The van der Waals surface area contributed by atoms with Crippen molar-refractivity contribution in [3.8, 4) is 5.75 Å². The number of carbonyl (C=O) groups excluding carboxylic acids is 1. The quantitative estimate of drug-likeness (QED) is 0.667. The molecule has 26 heavy (non-hydrogen) atoms. The summed E-state index contributed by atoms with van der Waals surface area (Å²) in [5.74, 6) is 1.52. The molecule has 140 valence electrons. The van der Waals surface area contributed by atoms with Gasteiger partial charge in [-0.05, 0) is 43.5 Å². The molecule has 0 aliphatic carbocycles. The lowest BCUT2D eigenvalue weighted by Gasteiger charge is -2.09. The lowest BCUT2D eigenvalue weighted by molar-refractivity contribution is -0.119. The van der Waals surface area contributed by atoms with Crippen molar-refractivity contribution in [3.63, 3.8) is 0 Å². The highest BCUT2D eigenvalue weighted by Gasteiger charge is 2.16. The molecule has 1 fully saturated rings. The van der Waals surface area contributed by atoms with Gasteiger partial charge < -0.3 is 14.8 Å². The smallest absolute Gasteiger partial charge is 0.230 e. The summed E-state index contributed by atoms with van der Waals surface area (Å²) in [5.41, 5.74) is 0.951. The zero-order valence-electron chi connectivity index (χ0n) is 14.5. The highest BCUT2D eigenvalue weighted by Crippen LogP contribution is 2.21. The van der Waals surface area contributed by atoms with E-state index in [2.05, 4.69) is 20.5 Å². The van der Waals surface area contributed by atoms with Crippen LogP contribution < -0.4 is 10.1 Å². The van der Waals surface area contributed by atoms with Gasteiger partial charge in [-0.2, -0.15) is 0 Å². The Kier molecular flexibility index (Phi) is 6.76. The molecule has 1 aromatic carbocycles. The molecule has 2 heterocycles. The minimum atomic E-state index is -0.0512. The third-order valence-corrected chi connectivity index (χ3v) is 5.17. The van der Waals surface area contributed by atoms with Crippen molar-refractivity contribution in [1.29, 1.82) is 0 Å². The van der Waals surface area contributed by atoms with Crippen molar-refractivity contribution in [2.75, 3.05) is 18.9 Å². The lowest BCUT2D eigenvalue weighted by Crippen LogP contribution is -2.32. The van der Waals surface area contributed by atoms with Crippen LogP contribution in [0.3, 0.4) is 0 Å². The van der Waals surface area contributed by atoms with E-state index >= 15 is 0 Å². The number of nitrogens with zero attached hydrogens (tertiary/aromatic N) is 2. The van der Waals surface area contributed by atoms with Crippen molar-refractivity contribution < 1.29 is 14.3 Å². The number of ether oxygens (including phenoxy) is 2. The van der Waals surface area contributed by atoms with Crippen molar-refractivity contribution in [1.82, 2.24) is 20.5 Å². The number of carbonyl (C=O) groups is 1. The summed E-state index contributed by atoms with van der Waals surface area (Å²) in [5, 5.41) is 11.0. The van der Waals surface area contributed by atoms with Crippen LogP contribution >= 0.6 is 23.4 Å². The van der Waals surface area contributed by atoms with Crippen molar-refractivity contribution in [3.05, 3.63) is 34.6 Å². The normalized spacial score (nSPS) is 16.6. The van der Waals surface area contributed by atoms with E-state index in [9.17, 15) is 4.79 Å². The van der Waals surface area contributed by atoms with Crippen molar-refractivity contribution in [2.45, 2.75) is 37.6 Å². The Hall–Kier alpha value is -1.77. The molecule has 1 aromatic heterocycles. The van der Waals surface area contributed by atoms with E-state index < -0.39 is 0 Å². The number of aromatic amines is 1. The van der Waals surface area contributed by atoms with Gasteiger partial charge in [0.05, 0.1) is 11.9 Å². The van der Waals surface area contributed by atoms with Crippen molar-refractivity contribution in [2.24, 2.45) is 0 Å². The maximum Gasteiger partial charge on any atom is 0.230 e. The Morgan fingerprint density at radius 2 is 2.42 bits per heavy atom. The molecule has 1 saturated heterocycles. The van der Waals surface area contributed by atoms with E-state index in [4.69, 9.17) is 21.1 Å². The number of nitrogens with one attached hydrogen (secondary N) is 2. The maximum absolute atomic E-state index is 11.9. The predicted octanol–water partition coefficient (Wildman–Crippen LogP) is 2.73. The van der Waals surface area contributed by atoms with E-state index in [1.807, 2.05) is 13.0 Å². The van der Waals surface area contributed by atoms with Gasteiger partial charge in [0.25, 0.3) is 0 Å². The first-order chi connectivity index (χ1) is 12.6. The molecule has 0 bridgehead atoms. The average Bonchev–Trinajstić information content (AvgIpc) is 3.31. The van der Waals surface area contributed by atoms with Crippen LogP contribution in [0.2, 0.25) is 5.02 Å². The second-order valence-corrected chi connectivity index (χ2v) is 7.34. The van der Waals surface area contributed by atoms with E-state index in [1.165, 1.54) is 11.8 Å². The Labute approximate surface area is 161 Å². The van der Waals surface area contributed by atoms with E-state index in [0.29, 0.717) is 28.3 Å². The van der Waals surface area contributed by atoms with Gasteiger partial charge in [0.15, 0.2) is 5.82 Å². The summed E-state index contributed by atoms with van der Waals surface area (Å²) in [6.45, 7) is 3.53. The number of halogens is 1. The van der Waals surface area contributed by atoms with Gasteiger partial charge in [-0.3, -0.25) is 9.89 Å². The number of rotatable bonds is 8. The lowest BCUT2D eigenvalue weighted by atomic mass is 10.2. The highest BCUT2D eigenvalue weighted by atomic mass is 35.5. The fraction of sp³-hybridized carbons (Fsp3) is 0.471. The standard InChI is InChI=1S/C17H21ClN4O3S/c1-11-7-12(4-5-14(11)18)25-9-15-20-17(22-21-15)26-10-16(23)19-8-13-3-2-6-24-13/h4-5,7,13H,2-3,6,8-10H2,1H3,(H,19,23)(H,20,21,22)/t13-/m1/s1. The molecular formula is C17H21ClN4O3S. The predicted molar refractivity (Wildman–Crippen MR) is 99.6 cm³/mol. The van der Waals surface area contributed by atoms with Gasteiger partial charge >= 0.3 is 0 Å². The molecule has 9 heteroatoms. The number of thioether (sulfide) groups is 1. The van der Waals surface area contributed by atoms with Crippen LogP contribution in [0.1, 0.15) is 24.2 Å². The largest absolute Gasteiger partial charge is 0.486 e. The highest BCUT2D eigenvalue weighted by molar-refractivity contribution is 7.99. The SMILES string of the molecule is Cc1cc(OCc2nc(SCC(=O)NC[C@H]3CCCO3)n[nH]2)ccc1Cl. The number of amides is 1. The van der Waals surface area contributed by atoms with Gasteiger partial charge in [-0.1, -0.05) is 23.4 Å². The summed E-state index contributed by atoms with van der Waals surface area (Å²) in [6, 6.07) is 5.47. The Balaban J connectivity index is 1.39. The topological polar surface area (TPSA) is 89.1 Å². The van der Waals surface area contributed by atoms with Gasteiger partial charge in [0.2, 0.25) is 11.1 Å². The fourth-order valence-electron chi connectivity index (χ4n) is 2.48. The van der Waals surface area contributed by atoms with E-state index in [-0.39, 0.29) is 24.4 Å². The molecule has 1 aliphatic rings. The molecule has 1 amide bonds. The number of hydrogen-bond donors (Lipinski definition) is 2. The minimum absolute atomic E-state index is 0.0512. The number of hydrogen-bond acceptors (Lipinski definition) is 6. The van der Waals surface area contributed by atoms with E-state index in [0.717, 1.165) is 25.0 Å². The first-order valence-corrected chi connectivity index (χ1v) is 9.78. The molecule has 0 spiro atoms. The third kappa shape index (κ3) is 5.62. The van der Waals surface area contributed by atoms with Gasteiger partial charge in [0.1, 0.15) is 12.4 Å². The number of aryl methyl sites for hydroxylation is 1. The Morgan fingerprint density at radius 1 is 1.54 bits per heavy atom. The zero-order valence-corrected chi connectivity index (χ0v) is 16.0. The van der Waals surface area contributed by atoms with E-state index in [1.54, 1.807) is 12.1 Å². The van der Waals surface area contributed by atoms with Crippen LogP contribution in [0.25, 0.3) is 0 Å². The molecule has 2 N–H and O–H groups in total. The Bertz CT molecular complexity index is 749. The monoisotopic (exact) mass is 396 g/mol. The first kappa shape index (κ1) is 19.0. The van der Waals surface area contributed by atoms with Crippen molar-refractivity contribution >= 4 is 29.3 Å². The number of benzene rings is 1. The summed E-state index contributed by atoms with van der Waals surface area (Å²) < 4.78 is 11.1. The molecule has 3 rings (SSSR count). The fourth-order valence-corrected chi connectivity index (χ4v) is 3.24.